The molecule has 5 heteroatoms. The molecule has 0 unspecified atom stereocenters. The van der Waals surface area contributed by atoms with Gasteiger partial charge in [-0.25, -0.2) is 4.85 Å². The number of nitrogens with zero attached hydrogens (tertiary/aromatic N) is 1. The van der Waals surface area contributed by atoms with Gasteiger partial charge in [-0.3, -0.25) is 4.79 Å². The quantitative estimate of drug-likeness (QED) is 0.669. The molecular formula is C22H23ClN2O2. The standard InChI is InChI=1S/C22H23ClN2O2/c1-14(2)15-4-6-16(7-5-15)22(26)25-17-8-9-18(12-17)27-19-10-11-21(24-3)20(23)13-19/h4-7,10-11,13-14,17-18H,8-9,12H2,1-2H3,(H,25,26)/t17-,18-/m1/s1. The highest BCUT2D eigenvalue weighted by Crippen LogP contribution is 2.31. The van der Waals surface area contributed by atoms with Crippen molar-refractivity contribution in [3.8, 4) is 5.75 Å². The topological polar surface area (TPSA) is 42.7 Å². The summed E-state index contributed by atoms with van der Waals surface area (Å²) in [6.45, 7) is 11.3. The van der Waals surface area contributed by atoms with Crippen molar-refractivity contribution in [1.82, 2.24) is 5.32 Å². The van der Waals surface area contributed by atoms with Crippen LogP contribution in [0.3, 0.4) is 0 Å². The molecule has 0 heterocycles. The molecule has 1 aliphatic carbocycles. The zero-order valence-electron chi connectivity index (χ0n) is 15.5. The van der Waals surface area contributed by atoms with Crippen molar-refractivity contribution >= 4 is 23.2 Å². The Morgan fingerprint density at radius 3 is 2.59 bits per heavy atom. The zero-order chi connectivity index (χ0) is 19.4. The van der Waals surface area contributed by atoms with E-state index in [4.69, 9.17) is 22.9 Å². The lowest BCUT2D eigenvalue weighted by molar-refractivity contribution is 0.0935. The molecule has 1 fully saturated rings. The molecule has 0 bridgehead atoms. The fourth-order valence-corrected chi connectivity index (χ4v) is 3.52. The fraction of sp³-hybridized carbons (Fsp3) is 0.364. The second-order valence-corrected chi connectivity index (χ2v) is 7.63. The van der Waals surface area contributed by atoms with Crippen LogP contribution in [0.5, 0.6) is 5.75 Å². The molecule has 2 aromatic rings. The summed E-state index contributed by atoms with van der Waals surface area (Å²) in [6.07, 6.45) is 2.56. The molecule has 0 radical (unpaired) electrons. The summed E-state index contributed by atoms with van der Waals surface area (Å²) < 4.78 is 5.98. The summed E-state index contributed by atoms with van der Waals surface area (Å²) in [5, 5.41) is 3.50. The third kappa shape index (κ3) is 4.81. The first kappa shape index (κ1) is 19.3. The van der Waals surface area contributed by atoms with Gasteiger partial charge in [0.1, 0.15) is 11.9 Å². The van der Waals surface area contributed by atoms with E-state index in [9.17, 15) is 4.79 Å². The Balaban J connectivity index is 1.54. The normalized spacial score (nSPS) is 18.9. The molecule has 27 heavy (non-hydrogen) atoms. The highest BCUT2D eigenvalue weighted by Gasteiger charge is 2.27. The second-order valence-electron chi connectivity index (χ2n) is 7.23. The first-order chi connectivity index (χ1) is 13.0. The maximum Gasteiger partial charge on any atom is 0.251 e. The van der Waals surface area contributed by atoms with Gasteiger partial charge >= 0.3 is 0 Å². The van der Waals surface area contributed by atoms with Crippen LogP contribution in [-0.2, 0) is 0 Å². The predicted octanol–water partition coefficient (Wildman–Crippen LogP) is 5.74. The van der Waals surface area contributed by atoms with E-state index in [2.05, 4.69) is 24.0 Å². The van der Waals surface area contributed by atoms with E-state index < -0.39 is 0 Å². The lowest BCUT2D eigenvalue weighted by Crippen LogP contribution is -2.33. The first-order valence-electron chi connectivity index (χ1n) is 9.20. The number of halogens is 1. The number of amides is 1. The number of hydrogen-bond acceptors (Lipinski definition) is 2. The minimum absolute atomic E-state index is 0.0356. The van der Waals surface area contributed by atoms with E-state index in [0.717, 1.165) is 19.3 Å². The minimum Gasteiger partial charge on any atom is -0.490 e. The van der Waals surface area contributed by atoms with Crippen molar-refractivity contribution in [2.75, 3.05) is 0 Å². The van der Waals surface area contributed by atoms with Crippen LogP contribution in [0.1, 0.15) is 54.9 Å². The molecule has 0 spiro atoms. The summed E-state index contributed by atoms with van der Waals surface area (Å²) in [4.78, 5) is 15.8. The number of carbonyl (C=O) groups excluding carboxylic acids is 1. The molecule has 1 aliphatic rings. The molecule has 1 amide bonds. The molecule has 140 valence electrons. The maximum atomic E-state index is 12.5. The van der Waals surface area contributed by atoms with Crippen molar-refractivity contribution in [3.05, 3.63) is 70.0 Å². The molecule has 3 rings (SSSR count). The van der Waals surface area contributed by atoms with Crippen molar-refractivity contribution in [2.24, 2.45) is 0 Å². The minimum atomic E-state index is -0.0413. The van der Waals surface area contributed by atoms with Gasteiger partial charge in [0, 0.05) is 18.0 Å². The summed E-state index contributed by atoms with van der Waals surface area (Å²) in [7, 11) is 0. The van der Waals surface area contributed by atoms with Crippen LogP contribution in [-0.4, -0.2) is 18.1 Å². The van der Waals surface area contributed by atoms with Gasteiger partial charge in [-0.2, -0.15) is 0 Å². The number of ether oxygens (including phenoxy) is 1. The monoisotopic (exact) mass is 382 g/mol. The van der Waals surface area contributed by atoms with Crippen molar-refractivity contribution in [3.63, 3.8) is 0 Å². The smallest absolute Gasteiger partial charge is 0.251 e. The van der Waals surface area contributed by atoms with Gasteiger partial charge in [-0.15, -0.1) is 0 Å². The Morgan fingerprint density at radius 1 is 1.22 bits per heavy atom. The molecule has 1 N–H and O–H groups in total. The van der Waals surface area contributed by atoms with E-state index in [1.165, 1.54) is 5.56 Å². The Kier molecular flexibility index (Phi) is 6.03. The molecular weight excluding hydrogens is 360 g/mol. The second kappa shape index (κ2) is 8.45. The van der Waals surface area contributed by atoms with Crippen LogP contribution >= 0.6 is 11.6 Å². The van der Waals surface area contributed by atoms with Crippen LogP contribution in [0.2, 0.25) is 5.02 Å². The van der Waals surface area contributed by atoms with Gasteiger partial charge in [0.2, 0.25) is 5.69 Å². The number of benzene rings is 2. The molecule has 1 saturated carbocycles. The third-order valence-electron chi connectivity index (χ3n) is 4.90. The average Bonchev–Trinajstić information content (AvgIpc) is 3.08. The van der Waals surface area contributed by atoms with Crippen molar-refractivity contribution < 1.29 is 9.53 Å². The van der Waals surface area contributed by atoms with E-state index in [1.54, 1.807) is 18.2 Å². The Morgan fingerprint density at radius 2 is 1.96 bits per heavy atom. The summed E-state index contributed by atoms with van der Waals surface area (Å²) in [6, 6.07) is 13.0. The highest BCUT2D eigenvalue weighted by molar-refractivity contribution is 6.33. The Bertz CT molecular complexity index is 856. The zero-order valence-corrected chi connectivity index (χ0v) is 16.3. The number of hydrogen-bond donors (Lipinski definition) is 1. The summed E-state index contributed by atoms with van der Waals surface area (Å²) in [5.74, 6) is 1.07. The molecule has 2 aromatic carbocycles. The van der Waals surface area contributed by atoms with Crippen LogP contribution in [0.15, 0.2) is 42.5 Å². The predicted molar refractivity (Wildman–Crippen MR) is 108 cm³/mol. The van der Waals surface area contributed by atoms with Gasteiger partial charge in [0.15, 0.2) is 0 Å². The fourth-order valence-electron chi connectivity index (χ4n) is 3.31. The van der Waals surface area contributed by atoms with Gasteiger partial charge < -0.3 is 10.1 Å². The van der Waals surface area contributed by atoms with E-state index in [0.29, 0.717) is 27.9 Å². The van der Waals surface area contributed by atoms with Crippen molar-refractivity contribution in [1.29, 1.82) is 0 Å². The number of carbonyl (C=O) groups is 1. The van der Waals surface area contributed by atoms with Crippen LogP contribution in [0, 0.1) is 6.57 Å². The van der Waals surface area contributed by atoms with Crippen LogP contribution < -0.4 is 10.1 Å². The van der Waals surface area contributed by atoms with Crippen LogP contribution in [0.25, 0.3) is 4.85 Å². The van der Waals surface area contributed by atoms with E-state index >= 15 is 0 Å². The summed E-state index contributed by atoms with van der Waals surface area (Å²) >= 11 is 6.06. The molecule has 2 atom stereocenters. The van der Waals surface area contributed by atoms with Gasteiger partial charge in [-0.05, 0) is 48.6 Å². The molecule has 0 saturated heterocycles. The van der Waals surface area contributed by atoms with E-state index in [-0.39, 0.29) is 18.1 Å². The van der Waals surface area contributed by atoms with Gasteiger partial charge in [-0.1, -0.05) is 43.6 Å². The average molecular weight is 383 g/mol. The molecule has 0 aromatic heterocycles. The van der Waals surface area contributed by atoms with Crippen molar-refractivity contribution in [2.45, 2.75) is 51.2 Å². The number of nitrogens with one attached hydrogen (secondary N) is 1. The summed E-state index contributed by atoms with van der Waals surface area (Å²) in [5.41, 5.74) is 2.33. The molecule has 4 nitrogen and oxygen atoms in total. The molecule has 0 aliphatic heterocycles. The third-order valence-corrected chi connectivity index (χ3v) is 5.20. The lowest BCUT2D eigenvalue weighted by atomic mass is 10.0. The first-order valence-corrected chi connectivity index (χ1v) is 9.58. The largest absolute Gasteiger partial charge is 0.490 e. The Labute approximate surface area is 165 Å². The lowest BCUT2D eigenvalue weighted by Gasteiger charge is -2.16. The Hall–Kier alpha value is -2.51. The SMILES string of the molecule is [C-]#[N+]c1ccc(O[C@@H]2CC[C@@H](NC(=O)c3ccc(C(C)C)cc3)C2)cc1Cl. The number of rotatable bonds is 5. The van der Waals surface area contributed by atoms with Gasteiger partial charge in [0.05, 0.1) is 11.6 Å². The maximum absolute atomic E-state index is 12.5. The highest BCUT2D eigenvalue weighted by atomic mass is 35.5. The van der Waals surface area contributed by atoms with E-state index in [1.807, 2.05) is 24.3 Å². The van der Waals surface area contributed by atoms with Gasteiger partial charge in [0.25, 0.3) is 5.91 Å². The van der Waals surface area contributed by atoms with Crippen LogP contribution in [0.4, 0.5) is 5.69 Å².